The van der Waals surface area contributed by atoms with Crippen LogP contribution in [0.1, 0.15) is 89.3 Å². The fourth-order valence-corrected chi connectivity index (χ4v) is 8.99. The van der Waals surface area contributed by atoms with E-state index in [0.29, 0.717) is 68.8 Å². The number of benzene rings is 1. The van der Waals surface area contributed by atoms with Crippen molar-refractivity contribution in [2.75, 3.05) is 46.5 Å². The lowest BCUT2D eigenvalue weighted by molar-refractivity contribution is -0.146. The molecule has 1 saturated carbocycles. The van der Waals surface area contributed by atoms with Crippen molar-refractivity contribution in [3.05, 3.63) is 41.6 Å². The molecule has 1 aromatic carbocycles. The smallest absolute Gasteiger partial charge is 0.437 e. The molecule has 6 atom stereocenters. The fourth-order valence-electron chi connectivity index (χ4n) is 8.99. The van der Waals surface area contributed by atoms with Gasteiger partial charge in [-0.15, -0.1) is 0 Å². The zero-order valence-electron chi connectivity index (χ0n) is 33.3. The van der Waals surface area contributed by atoms with Crippen molar-refractivity contribution in [3.8, 4) is 11.5 Å². The van der Waals surface area contributed by atoms with Gasteiger partial charge in [-0.05, 0) is 71.1 Å². The topological polar surface area (TPSA) is 169 Å². The number of carboxylic acids is 1. The Morgan fingerprint density at radius 1 is 1.09 bits per heavy atom. The van der Waals surface area contributed by atoms with Crippen molar-refractivity contribution < 1.29 is 56.4 Å². The molecular weight excluding hydrogens is 763 g/mol. The van der Waals surface area contributed by atoms with Crippen molar-refractivity contribution in [1.82, 2.24) is 25.4 Å². The van der Waals surface area contributed by atoms with E-state index in [2.05, 4.69) is 20.5 Å². The first kappa shape index (κ1) is 41.5. The third-order valence-corrected chi connectivity index (χ3v) is 11.8. The van der Waals surface area contributed by atoms with Gasteiger partial charge in [0.2, 0.25) is 11.8 Å². The number of halogens is 3. The van der Waals surface area contributed by atoms with Crippen LogP contribution in [0.5, 0.6) is 11.5 Å². The molecule has 58 heavy (non-hydrogen) atoms. The minimum Gasteiger partial charge on any atom is -0.497 e. The van der Waals surface area contributed by atoms with Gasteiger partial charge in [0, 0.05) is 48.8 Å². The molecule has 7 rings (SSSR count). The number of carbonyl (C=O) groups excluding carboxylic acids is 3. The van der Waals surface area contributed by atoms with E-state index < -0.39 is 82.2 Å². The summed E-state index contributed by atoms with van der Waals surface area (Å²) in [6.07, 6.45) is 0.732. The first-order valence-electron chi connectivity index (χ1n) is 20.0. The number of hydrogen-bond donors (Lipinski definition) is 3. The summed E-state index contributed by atoms with van der Waals surface area (Å²) < 4.78 is 68.5. The number of allylic oxidation sites excluding steroid dienone is 1. The molecule has 3 fully saturated rings. The normalized spacial score (nSPS) is 30.2. The van der Waals surface area contributed by atoms with Gasteiger partial charge in [0.1, 0.15) is 34.6 Å². The number of ether oxygens (including phenoxy) is 4. The predicted molar refractivity (Wildman–Crippen MR) is 203 cm³/mol. The third-order valence-electron chi connectivity index (χ3n) is 11.8. The predicted octanol–water partition coefficient (Wildman–Crippen LogP) is 5.17. The van der Waals surface area contributed by atoms with Crippen molar-refractivity contribution in [2.24, 2.45) is 5.92 Å². The van der Waals surface area contributed by atoms with Gasteiger partial charge in [0.25, 0.3) is 0 Å². The highest BCUT2D eigenvalue weighted by atomic mass is 19.4. The Kier molecular flexibility index (Phi) is 11.3. The maximum Gasteiger partial charge on any atom is 0.437 e. The minimum absolute atomic E-state index is 0.107. The molecular formula is C41H52F3N5O9. The zero-order chi connectivity index (χ0) is 41.6. The van der Waals surface area contributed by atoms with Gasteiger partial charge < -0.3 is 39.6 Å². The largest absolute Gasteiger partial charge is 0.497 e. The highest BCUT2D eigenvalue weighted by Crippen LogP contribution is 2.53. The maximum atomic E-state index is 15.1. The Morgan fingerprint density at radius 3 is 2.53 bits per heavy atom. The molecule has 1 spiro atoms. The lowest BCUT2D eigenvalue weighted by atomic mass is 9.79. The van der Waals surface area contributed by atoms with Crippen LogP contribution in [0.2, 0.25) is 0 Å². The number of pyridine rings is 1. The Labute approximate surface area is 334 Å². The van der Waals surface area contributed by atoms with E-state index in [-0.39, 0.29) is 37.7 Å². The Balaban J connectivity index is 1.34. The maximum absolute atomic E-state index is 15.1. The Bertz CT molecular complexity index is 1960. The van der Waals surface area contributed by atoms with E-state index in [0.717, 1.165) is 6.42 Å². The molecule has 1 aliphatic carbocycles. The van der Waals surface area contributed by atoms with Crippen molar-refractivity contribution in [1.29, 1.82) is 0 Å². The quantitative estimate of drug-likeness (QED) is 0.341. The van der Waals surface area contributed by atoms with Crippen LogP contribution >= 0.6 is 0 Å². The first-order valence-corrected chi connectivity index (χ1v) is 20.0. The first-order chi connectivity index (χ1) is 27.4. The van der Waals surface area contributed by atoms with Crippen LogP contribution in [0.25, 0.3) is 10.9 Å². The van der Waals surface area contributed by atoms with E-state index in [1.54, 1.807) is 39.0 Å². The number of amides is 3. The number of fused-ring (bicyclic) bond motifs is 5. The molecule has 14 nitrogen and oxygen atoms in total. The second-order valence-corrected chi connectivity index (χ2v) is 17.2. The third kappa shape index (κ3) is 8.56. The SMILES string of the molecule is COc1ccc2nc(C(F)(F)F)c3c(c2c1)C(CN1CCOCC1)C[C@]1(C[C@H]2C(=O)N[C@]4(C(=O)O)C[C@H]4/C=C\CCCCC[C@H](NC(=O)OC(C)(C)C)C(=O)N2C1)O3. The number of aliphatic carboxylic acids is 1. The molecule has 1 unspecified atom stereocenters. The van der Waals surface area contributed by atoms with E-state index >= 15 is 13.2 Å². The van der Waals surface area contributed by atoms with E-state index in [1.165, 1.54) is 18.1 Å². The van der Waals surface area contributed by atoms with Crippen LogP contribution in [-0.2, 0) is 30.0 Å². The summed E-state index contributed by atoms with van der Waals surface area (Å²) in [7, 11) is 1.46. The second-order valence-electron chi connectivity index (χ2n) is 17.2. The minimum atomic E-state index is -4.94. The number of methoxy groups -OCH3 is 1. The molecule has 5 aliphatic rings. The van der Waals surface area contributed by atoms with Crippen LogP contribution < -0.4 is 20.1 Å². The Hall–Kier alpha value is -4.64. The lowest BCUT2D eigenvalue weighted by Crippen LogP contribution is -2.56. The highest BCUT2D eigenvalue weighted by molar-refractivity contribution is 5.96. The summed E-state index contributed by atoms with van der Waals surface area (Å²) in [5, 5.41) is 16.2. The number of morpholine rings is 1. The van der Waals surface area contributed by atoms with Crippen LogP contribution in [0.4, 0.5) is 18.0 Å². The summed E-state index contributed by atoms with van der Waals surface area (Å²) in [6.45, 7) is 7.02. The zero-order valence-corrected chi connectivity index (χ0v) is 33.3. The van der Waals surface area contributed by atoms with E-state index in [9.17, 15) is 24.3 Å². The molecule has 316 valence electrons. The summed E-state index contributed by atoms with van der Waals surface area (Å²) in [5.41, 5.74) is -4.87. The number of nitrogens with one attached hydrogen (secondary N) is 2. The number of rotatable bonds is 5. The van der Waals surface area contributed by atoms with Gasteiger partial charge in [-0.3, -0.25) is 14.5 Å². The van der Waals surface area contributed by atoms with Gasteiger partial charge in [-0.25, -0.2) is 14.6 Å². The number of alkyl halides is 3. The molecule has 3 amide bonds. The van der Waals surface area contributed by atoms with E-state index in [4.69, 9.17) is 18.9 Å². The summed E-state index contributed by atoms with van der Waals surface area (Å²) in [4.78, 5) is 62.6. The number of aromatic nitrogens is 1. The Morgan fingerprint density at radius 2 is 1.84 bits per heavy atom. The number of carbonyl (C=O) groups is 4. The van der Waals surface area contributed by atoms with Gasteiger partial charge in [0.15, 0.2) is 11.4 Å². The lowest BCUT2D eigenvalue weighted by Gasteiger charge is -2.43. The molecule has 5 heterocycles. The van der Waals surface area contributed by atoms with Gasteiger partial charge in [0.05, 0.1) is 32.4 Å². The summed E-state index contributed by atoms with van der Waals surface area (Å²) >= 11 is 0. The second kappa shape index (κ2) is 15.8. The highest BCUT2D eigenvalue weighted by Gasteiger charge is 2.63. The molecule has 4 aliphatic heterocycles. The number of carboxylic acid groups (broad SMARTS) is 1. The number of hydrogen-bond acceptors (Lipinski definition) is 10. The number of nitrogens with zero attached hydrogens (tertiary/aromatic N) is 3. The van der Waals surface area contributed by atoms with E-state index in [1.807, 2.05) is 6.08 Å². The average Bonchev–Trinajstić information content (AvgIpc) is 3.74. The summed E-state index contributed by atoms with van der Waals surface area (Å²) in [6, 6.07) is 2.15. The van der Waals surface area contributed by atoms with Crippen molar-refractivity contribution >= 4 is 34.8 Å². The van der Waals surface area contributed by atoms with Gasteiger partial charge >= 0.3 is 18.2 Å². The molecule has 1 aromatic heterocycles. The summed E-state index contributed by atoms with van der Waals surface area (Å²) in [5.74, 6) is -3.80. The van der Waals surface area contributed by atoms with Crippen LogP contribution in [0.3, 0.4) is 0 Å². The average molecular weight is 816 g/mol. The van der Waals surface area contributed by atoms with Crippen LogP contribution in [-0.4, -0.2) is 119 Å². The monoisotopic (exact) mass is 815 g/mol. The van der Waals surface area contributed by atoms with Crippen LogP contribution in [0, 0.1) is 5.92 Å². The van der Waals surface area contributed by atoms with Gasteiger partial charge in [-0.2, -0.15) is 13.2 Å². The van der Waals surface area contributed by atoms with Crippen molar-refractivity contribution in [3.63, 3.8) is 0 Å². The fraction of sp³-hybridized carbons (Fsp3) is 0.634. The van der Waals surface area contributed by atoms with Gasteiger partial charge in [-0.1, -0.05) is 25.0 Å². The molecule has 0 bridgehead atoms. The van der Waals surface area contributed by atoms with Crippen LogP contribution in [0.15, 0.2) is 30.4 Å². The molecule has 3 N–H and O–H groups in total. The molecule has 0 radical (unpaired) electrons. The van der Waals surface area contributed by atoms with Crippen molar-refractivity contribution in [2.45, 2.75) is 113 Å². The number of alkyl carbamates (subject to hydrolysis) is 1. The molecule has 2 aromatic rings. The molecule has 17 heteroatoms. The standard InChI is InChI=1S/C41H52F3N5O9/c1-38(2,3)58-37(54)46-29-11-9-7-5-6-8-10-25-20-40(25,36(52)53)47-34(50)30-21-39(23-49(30)35(29)51)19-24(22-48-14-16-56-17-15-48)31-27-18-26(55-4)12-13-28(27)45-33(32(31)57-39)41(42,43)44/h8,10,12-13,18,24-25,29-30H,5-7,9,11,14-17,19-23H2,1-4H3,(H,46,54)(H,47,50)(H,52,53)/b10-8-/t24?,25-,29+,30+,39-,40-/m1/s1. The molecule has 2 saturated heterocycles.